The van der Waals surface area contributed by atoms with Crippen molar-refractivity contribution in [2.24, 2.45) is 0 Å². The van der Waals surface area contributed by atoms with Crippen molar-refractivity contribution in [2.75, 3.05) is 0 Å². The van der Waals surface area contributed by atoms with Crippen molar-refractivity contribution in [3.63, 3.8) is 0 Å². The van der Waals surface area contributed by atoms with E-state index in [4.69, 9.17) is 0 Å². The van der Waals surface area contributed by atoms with Crippen LogP contribution in [-0.4, -0.2) is 26.4 Å². The van der Waals surface area contributed by atoms with Crippen LogP contribution in [0, 0.1) is 0 Å². The van der Waals surface area contributed by atoms with Gasteiger partial charge in [0, 0.05) is 22.3 Å². The summed E-state index contributed by atoms with van der Waals surface area (Å²) in [6.07, 6.45) is 4.82. The van der Waals surface area contributed by atoms with Crippen LogP contribution in [-0.2, 0) is 0 Å². The van der Waals surface area contributed by atoms with E-state index in [2.05, 4.69) is 89.8 Å². The Labute approximate surface area is 139 Å². The number of benzene rings is 2. The largest absolute Gasteiger partial charge is 0.580 e. The lowest BCUT2D eigenvalue weighted by molar-refractivity contribution is -0.611. The van der Waals surface area contributed by atoms with Crippen LogP contribution >= 0.6 is 0 Å². The molecule has 4 heterocycles. The molecule has 0 unspecified atom stereocenters. The summed E-state index contributed by atoms with van der Waals surface area (Å²) in [5.74, 6) is 0. The Balaban J connectivity index is 1.84. The first-order chi connectivity index (χ1) is 11.1. The van der Waals surface area contributed by atoms with Crippen molar-refractivity contribution >= 4 is 48.8 Å². The standard InChI is InChI=1S/C18H19B2N2Si/c1-23(2,3)14-12-21-19-15-8-4-5-9-16(15)20(22(21)13-14)18-11-7-6-10-17(18)19/h4-13H,1-3H3/q+1. The maximum atomic E-state index is 2.48. The Hall–Kier alpha value is -2.00. The van der Waals surface area contributed by atoms with Gasteiger partial charge in [0.2, 0.25) is 0 Å². The van der Waals surface area contributed by atoms with Gasteiger partial charge in [-0.2, -0.15) is 4.59 Å². The zero-order valence-corrected chi connectivity index (χ0v) is 14.8. The highest BCUT2D eigenvalue weighted by Crippen LogP contribution is 2.07. The van der Waals surface area contributed by atoms with Crippen LogP contribution in [0.2, 0.25) is 19.6 Å². The summed E-state index contributed by atoms with van der Waals surface area (Å²) in [5.41, 5.74) is 5.87. The molecular formula is C18H19B2N2Si+. The summed E-state index contributed by atoms with van der Waals surface area (Å²) >= 11 is 0. The second kappa shape index (κ2) is 4.29. The zero-order chi connectivity index (χ0) is 15.8. The monoisotopic (exact) mass is 313 g/mol. The first-order valence-corrected chi connectivity index (χ1v) is 11.9. The van der Waals surface area contributed by atoms with Crippen LogP contribution in [0.15, 0.2) is 60.9 Å². The minimum Gasteiger partial charge on any atom is -0.226 e. The number of rotatable bonds is 1. The predicted molar refractivity (Wildman–Crippen MR) is 101 cm³/mol. The molecule has 0 amide bonds. The Morgan fingerprint density at radius 2 is 1.35 bits per heavy atom. The third-order valence-electron chi connectivity index (χ3n) is 5.37. The van der Waals surface area contributed by atoms with Crippen LogP contribution < -0.4 is 31.6 Å². The van der Waals surface area contributed by atoms with Gasteiger partial charge in [-0.05, 0) is 10.9 Å². The molecule has 3 aromatic rings. The van der Waals surface area contributed by atoms with Crippen LogP contribution in [0.25, 0.3) is 0 Å². The summed E-state index contributed by atoms with van der Waals surface area (Å²) in [5, 5.41) is 1.54. The molecule has 2 bridgehead atoms. The van der Waals surface area contributed by atoms with E-state index >= 15 is 0 Å². The molecule has 0 radical (unpaired) electrons. The lowest BCUT2D eigenvalue weighted by atomic mass is 9.30. The Morgan fingerprint density at radius 1 is 0.826 bits per heavy atom. The molecule has 2 aromatic carbocycles. The smallest absolute Gasteiger partial charge is 0.226 e. The SMILES string of the molecule is C[Si](C)(C)c1cn2[n+](c1)B1c3ccccc3B2c2ccccc21. The molecular weight excluding hydrogens is 294 g/mol. The molecule has 110 valence electrons. The first-order valence-electron chi connectivity index (χ1n) is 8.37. The van der Waals surface area contributed by atoms with Gasteiger partial charge < -0.3 is 0 Å². The molecule has 0 fully saturated rings. The fourth-order valence-corrected chi connectivity index (χ4v) is 5.22. The summed E-state index contributed by atoms with van der Waals surface area (Å²) in [7, 11) is -1.33. The molecule has 5 heteroatoms. The van der Waals surface area contributed by atoms with E-state index in [1.54, 1.807) is 0 Å². The van der Waals surface area contributed by atoms with Gasteiger partial charge in [-0.25, -0.2) is 4.59 Å². The molecule has 23 heavy (non-hydrogen) atoms. The summed E-state index contributed by atoms with van der Waals surface area (Å²) in [4.78, 5) is 0. The van der Waals surface area contributed by atoms with Gasteiger partial charge in [0.15, 0.2) is 6.20 Å². The highest BCUT2D eigenvalue weighted by molar-refractivity contribution is 7.01. The third-order valence-corrected chi connectivity index (χ3v) is 7.37. The van der Waals surface area contributed by atoms with Crippen LogP contribution in [0.5, 0.6) is 0 Å². The normalized spacial score (nSPS) is 14.6. The first kappa shape index (κ1) is 13.4. The number of hydrogen-bond donors (Lipinski definition) is 0. The lowest BCUT2D eigenvalue weighted by Crippen LogP contribution is -2.89. The van der Waals surface area contributed by atoms with Gasteiger partial charge in [-0.15, -0.1) is 0 Å². The van der Waals surface area contributed by atoms with E-state index in [-0.39, 0.29) is 0 Å². The summed E-state index contributed by atoms with van der Waals surface area (Å²) in [6.45, 7) is 7.92. The Morgan fingerprint density at radius 3 is 1.87 bits per heavy atom. The Kier molecular flexibility index (Phi) is 2.51. The molecule has 1 aromatic heterocycles. The van der Waals surface area contributed by atoms with Crippen molar-refractivity contribution in [1.29, 1.82) is 0 Å². The van der Waals surface area contributed by atoms with E-state index in [9.17, 15) is 0 Å². The van der Waals surface area contributed by atoms with Gasteiger partial charge in [0.05, 0.1) is 8.07 Å². The van der Waals surface area contributed by atoms with Gasteiger partial charge >= 0.3 is 13.7 Å². The van der Waals surface area contributed by atoms with Crippen LogP contribution in [0.3, 0.4) is 0 Å². The van der Waals surface area contributed by atoms with Crippen molar-refractivity contribution in [2.45, 2.75) is 19.6 Å². The third kappa shape index (κ3) is 1.69. The summed E-state index contributed by atoms with van der Waals surface area (Å²) < 4.78 is 4.95. The highest BCUT2D eigenvalue weighted by Gasteiger charge is 2.55. The predicted octanol–water partition coefficient (Wildman–Crippen LogP) is -0.744. The average molecular weight is 313 g/mol. The van der Waals surface area contributed by atoms with Crippen molar-refractivity contribution in [3.05, 3.63) is 60.9 Å². The molecule has 0 saturated heterocycles. The van der Waals surface area contributed by atoms with E-state index in [1.165, 1.54) is 27.0 Å². The van der Waals surface area contributed by atoms with E-state index in [0.29, 0.717) is 13.7 Å². The molecule has 3 aliphatic rings. The van der Waals surface area contributed by atoms with E-state index in [1.807, 2.05) is 0 Å². The molecule has 0 spiro atoms. The second-order valence-corrected chi connectivity index (χ2v) is 12.9. The topological polar surface area (TPSA) is 8.81 Å². The van der Waals surface area contributed by atoms with Gasteiger partial charge in [0.25, 0.3) is 0 Å². The van der Waals surface area contributed by atoms with Gasteiger partial charge in [-0.3, -0.25) is 0 Å². The highest BCUT2D eigenvalue weighted by atomic mass is 28.3. The van der Waals surface area contributed by atoms with Crippen molar-refractivity contribution in [1.82, 2.24) is 4.59 Å². The molecule has 0 N–H and O–H groups in total. The van der Waals surface area contributed by atoms with Gasteiger partial charge in [0.1, 0.15) is 0 Å². The van der Waals surface area contributed by atoms with Crippen molar-refractivity contribution in [3.8, 4) is 0 Å². The lowest BCUT2D eigenvalue weighted by Gasteiger charge is -2.31. The molecule has 2 nitrogen and oxygen atoms in total. The molecule has 3 aliphatic heterocycles. The quantitative estimate of drug-likeness (QED) is 0.360. The minimum atomic E-state index is -1.33. The molecule has 0 saturated carbocycles. The molecule has 0 aliphatic carbocycles. The maximum absolute atomic E-state index is 2.48. The van der Waals surface area contributed by atoms with E-state index < -0.39 is 8.07 Å². The van der Waals surface area contributed by atoms with Crippen molar-refractivity contribution < 1.29 is 4.59 Å². The minimum absolute atomic E-state index is 0.317. The average Bonchev–Trinajstić information content (AvgIpc) is 3.00. The fraction of sp³-hybridized carbons (Fsp3) is 0.167. The van der Waals surface area contributed by atoms with Crippen LogP contribution in [0.1, 0.15) is 0 Å². The maximum Gasteiger partial charge on any atom is 0.580 e. The van der Waals surface area contributed by atoms with Gasteiger partial charge in [-0.1, -0.05) is 68.2 Å². The zero-order valence-electron chi connectivity index (χ0n) is 13.8. The molecule has 6 rings (SSSR count). The number of nitrogens with zero attached hydrogens (tertiary/aromatic N) is 2. The number of aromatic nitrogens is 2. The molecule has 0 atom stereocenters. The number of hydrogen-bond acceptors (Lipinski definition) is 0. The van der Waals surface area contributed by atoms with E-state index in [0.717, 1.165) is 0 Å². The Bertz CT molecular complexity index is 827. The second-order valence-electron chi connectivity index (χ2n) is 7.79. The fourth-order valence-electron chi connectivity index (χ4n) is 4.18. The van der Waals surface area contributed by atoms with Crippen LogP contribution in [0.4, 0.5) is 0 Å². The summed E-state index contributed by atoms with van der Waals surface area (Å²) in [6, 6.07) is 17.9.